The van der Waals surface area contributed by atoms with Gasteiger partial charge in [-0.1, -0.05) is 18.2 Å². The van der Waals surface area contributed by atoms with Crippen molar-refractivity contribution in [2.45, 2.75) is 50.9 Å². The van der Waals surface area contributed by atoms with Crippen molar-refractivity contribution in [2.24, 2.45) is 0 Å². The van der Waals surface area contributed by atoms with Gasteiger partial charge >= 0.3 is 0 Å². The molecule has 2 aliphatic heterocycles. The van der Waals surface area contributed by atoms with E-state index in [2.05, 4.69) is 23.1 Å². The van der Waals surface area contributed by atoms with Crippen LogP contribution in [0.5, 0.6) is 0 Å². The average Bonchev–Trinajstić information content (AvgIpc) is 3.17. The molecular formula is C21H29N3O2. The number of benzene rings is 1. The summed E-state index contributed by atoms with van der Waals surface area (Å²) in [5.41, 5.74) is 2.24. The molecule has 0 spiro atoms. The Hall–Kier alpha value is -1.69. The van der Waals surface area contributed by atoms with Crippen molar-refractivity contribution in [3.8, 4) is 5.69 Å². The van der Waals surface area contributed by atoms with E-state index in [1.807, 2.05) is 29.1 Å². The molecule has 1 aromatic heterocycles. The highest BCUT2D eigenvalue weighted by Gasteiger charge is 2.22. The van der Waals surface area contributed by atoms with E-state index in [9.17, 15) is 0 Å². The number of rotatable bonds is 6. The summed E-state index contributed by atoms with van der Waals surface area (Å²) >= 11 is 0. The Morgan fingerprint density at radius 2 is 1.88 bits per heavy atom. The fourth-order valence-electron chi connectivity index (χ4n) is 3.82. The van der Waals surface area contributed by atoms with Crippen molar-refractivity contribution >= 4 is 0 Å². The van der Waals surface area contributed by atoms with Gasteiger partial charge in [0, 0.05) is 32.4 Å². The highest BCUT2D eigenvalue weighted by molar-refractivity contribution is 5.30. The van der Waals surface area contributed by atoms with Crippen LogP contribution in [0.15, 0.2) is 42.6 Å². The van der Waals surface area contributed by atoms with Crippen molar-refractivity contribution in [3.63, 3.8) is 0 Å². The van der Waals surface area contributed by atoms with E-state index in [0.29, 0.717) is 12.2 Å². The Balaban J connectivity index is 1.21. The first-order valence-corrected chi connectivity index (χ1v) is 9.92. The smallest absolute Gasteiger partial charge is 0.0808 e. The van der Waals surface area contributed by atoms with Crippen LogP contribution >= 0.6 is 0 Å². The molecule has 0 bridgehead atoms. The molecule has 5 heteroatoms. The monoisotopic (exact) mass is 355 g/mol. The summed E-state index contributed by atoms with van der Waals surface area (Å²) in [5.74, 6) is 0. The van der Waals surface area contributed by atoms with Gasteiger partial charge in [-0.3, -0.25) is 4.90 Å². The molecule has 2 aliphatic rings. The molecule has 26 heavy (non-hydrogen) atoms. The van der Waals surface area contributed by atoms with E-state index in [1.54, 1.807) is 0 Å². The summed E-state index contributed by atoms with van der Waals surface area (Å²) in [6, 6.07) is 12.4. The largest absolute Gasteiger partial charge is 0.376 e. The van der Waals surface area contributed by atoms with Crippen LogP contribution in [-0.4, -0.2) is 53.2 Å². The summed E-state index contributed by atoms with van der Waals surface area (Å²) in [7, 11) is 0. The predicted molar refractivity (Wildman–Crippen MR) is 101 cm³/mol. The summed E-state index contributed by atoms with van der Waals surface area (Å²) in [6.45, 7) is 4.75. The lowest BCUT2D eigenvalue weighted by Gasteiger charge is -2.32. The third kappa shape index (κ3) is 4.72. The Morgan fingerprint density at radius 3 is 2.65 bits per heavy atom. The maximum absolute atomic E-state index is 6.11. The molecule has 0 N–H and O–H groups in total. The van der Waals surface area contributed by atoms with Gasteiger partial charge < -0.3 is 9.47 Å². The van der Waals surface area contributed by atoms with Crippen LogP contribution in [0.3, 0.4) is 0 Å². The van der Waals surface area contributed by atoms with E-state index in [0.717, 1.165) is 63.5 Å². The molecular weight excluding hydrogens is 326 g/mol. The third-order valence-electron chi connectivity index (χ3n) is 5.38. The van der Waals surface area contributed by atoms with Crippen molar-refractivity contribution in [2.75, 3.05) is 26.3 Å². The first-order valence-electron chi connectivity index (χ1n) is 9.92. The van der Waals surface area contributed by atoms with Crippen LogP contribution in [0.1, 0.15) is 37.8 Å². The summed E-state index contributed by atoms with van der Waals surface area (Å²) in [6.07, 6.45) is 8.60. The van der Waals surface area contributed by atoms with Crippen molar-refractivity contribution in [1.29, 1.82) is 0 Å². The summed E-state index contributed by atoms with van der Waals surface area (Å²) in [4.78, 5) is 2.48. The number of piperidine rings is 1. The minimum atomic E-state index is 0.323. The second-order valence-electron chi connectivity index (χ2n) is 7.38. The van der Waals surface area contributed by atoms with E-state index in [4.69, 9.17) is 14.6 Å². The van der Waals surface area contributed by atoms with E-state index in [-0.39, 0.29) is 0 Å². The minimum absolute atomic E-state index is 0.323. The second-order valence-corrected chi connectivity index (χ2v) is 7.38. The van der Waals surface area contributed by atoms with E-state index >= 15 is 0 Å². The molecule has 1 unspecified atom stereocenters. The number of aromatic nitrogens is 2. The molecule has 1 atom stereocenters. The van der Waals surface area contributed by atoms with Crippen LogP contribution in [0, 0.1) is 0 Å². The number of para-hydroxylation sites is 1. The number of likely N-dealkylation sites (tertiary alicyclic amines) is 1. The zero-order valence-corrected chi connectivity index (χ0v) is 15.4. The quantitative estimate of drug-likeness (QED) is 0.796. The maximum atomic E-state index is 6.11. The molecule has 0 aliphatic carbocycles. The van der Waals surface area contributed by atoms with Gasteiger partial charge in [0.15, 0.2) is 0 Å². The van der Waals surface area contributed by atoms with Gasteiger partial charge in [-0.05, 0) is 50.3 Å². The van der Waals surface area contributed by atoms with Crippen LogP contribution in [-0.2, 0) is 16.0 Å². The van der Waals surface area contributed by atoms with Gasteiger partial charge in [-0.25, -0.2) is 4.68 Å². The average molecular weight is 355 g/mol. The lowest BCUT2D eigenvalue weighted by atomic mass is 10.1. The van der Waals surface area contributed by atoms with Crippen LogP contribution in [0.4, 0.5) is 0 Å². The highest BCUT2D eigenvalue weighted by Crippen LogP contribution is 2.19. The van der Waals surface area contributed by atoms with Gasteiger partial charge in [-0.2, -0.15) is 5.10 Å². The van der Waals surface area contributed by atoms with Gasteiger partial charge in [0.05, 0.1) is 30.2 Å². The number of ether oxygens (including phenoxy) is 2. The molecule has 0 amide bonds. The topological polar surface area (TPSA) is 39.5 Å². The van der Waals surface area contributed by atoms with E-state index in [1.165, 1.54) is 12.8 Å². The Labute approximate surface area is 155 Å². The SMILES string of the molecule is c1ccc(-n2ccc(CN3CCC(OCC4CCCCO4)CC3)n2)cc1. The normalized spacial score (nSPS) is 22.5. The Bertz CT molecular complexity index is 659. The molecule has 5 nitrogen and oxygen atoms in total. The lowest BCUT2D eigenvalue weighted by Crippen LogP contribution is -2.38. The zero-order valence-electron chi connectivity index (χ0n) is 15.4. The van der Waals surface area contributed by atoms with Crippen LogP contribution < -0.4 is 0 Å². The van der Waals surface area contributed by atoms with Crippen molar-refractivity contribution in [3.05, 3.63) is 48.3 Å². The number of nitrogens with zero attached hydrogens (tertiary/aromatic N) is 3. The van der Waals surface area contributed by atoms with E-state index < -0.39 is 0 Å². The molecule has 1 aromatic carbocycles. The summed E-state index contributed by atoms with van der Waals surface area (Å²) in [5, 5.41) is 4.72. The number of hydrogen-bond acceptors (Lipinski definition) is 4. The molecule has 0 radical (unpaired) electrons. The van der Waals surface area contributed by atoms with Crippen LogP contribution in [0.25, 0.3) is 5.69 Å². The molecule has 140 valence electrons. The van der Waals surface area contributed by atoms with Gasteiger partial charge in [0.1, 0.15) is 0 Å². The van der Waals surface area contributed by atoms with Gasteiger partial charge in [-0.15, -0.1) is 0 Å². The van der Waals surface area contributed by atoms with Crippen molar-refractivity contribution in [1.82, 2.24) is 14.7 Å². The standard InChI is InChI=1S/C21H29N3O2/c1-2-6-19(7-3-1)24-14-9-18(22-24)16-23-12-10-20(11-13-23)26-17-21-8-4-5-15-25-21/h1-3,6-7,9,14,20-21H,4-5,8,10-13,15-17H2. The first kappa shape index (κ1) is 17.7. The summed E-state index contributed by atoms with van der Waals surface area (Å²) < 4.78 is 13.8. The molecule has 0 saturated carbocycles. The second kappa shape index (κ2) is 8.80. The lowest BCUT2D eigenvalue weighted by molar-refractivity contribution is -0.0754. The highest BCUT2D eigenvalue weighted by atomic mass is 16.5. The Morgan fingerprint density at radius 1 is 1.04 bits per heavy atom. The molecule has 3 heterocycles. The minimum Gasteiger partial charge on any atom is -0.376 e. The fourth-order valence-corrected chi connectivity index (χ4v) is 3.82. The maximum Gasteiger partial charge on any atom is 0.0808 e. The molecule has 2 saturated heterocycles. The number of hydrogen-bond donors (Lipinski definition) is 0. The molecule has 2 fully saturated rings. The fraction of sp³-hybridized carbons (Fsp3) is 0.571. The molecule has 2 aromatic rings. The zero-order chi connectivity index (χ0) is 17.6. The van der Waals surface area contributed by atoms with Gasteiger partial charge in [0.2, 0.25) is 0 Å². The Kier molecular flexibility index (Phi) is 5.99. The van der Waals surface area contributed by atoms with Crippen molar-refractivity contribution < 1.29 is 9.47 Å². The molecule has 4 rings (SSSR count). The third-order valence-corrected chi connectivity index (χ3v) is 5.38. The predicted octanol–water partition coefficient (Wildman–Crippen LogP) is 3.42. The first-order chi connectivity index (χ1) is 12.9. The van der Waals surface area contributed by atoms with Gasteiger partial charge in [0.25, 0.3) is 0 Å². The van der Waals surface area contributed by atoms with Crippen LogP contribution in [0.2, 0.25) is 0 Å².